The topological polar surface area (TPSA) is 35.2 Å². The summed E-state index contributed by atoms with van der Waals surface area (Å²) >= 11 is 0. The van der Waals surface area contributed by atoms with E-state index in [0.717, 1.165) is 24.4 Å². The first-order valence-electron chi connectivity index (χ1n) is 8.62. The molecule has 2 nitrogen and oxygen atoms in total. The average molecular weight is 265 g/mol. The summed E-state index contributed by atoms with van der Waals surface area (Å²) in [5.41, 5.74) is 6.91. The predicted octanol–water partition coefficient (Wildman–Crippen LogP) is 3.88. The Labute approximate surface area is 118 Å². The van der Waals surface area contributed by atoms with E-state index in [1.165, 1.54) is 64.2 Å². The van der Waals surface area contributed by atoms with Gasteiger partial charge in [-0.2, -0.15) is 0 Å². The fourth-order valence-electron chi connectivity index (χ4n) is 4.98. The molecule has 0 radical (unpaired) electrons. The minimum atomic E-state index is 0.239. The van der Waals surface area contributed by atoms with E-state index in [2.05, 4.69) is 6.92 Å². The highest BCUT2D eigenvalue weighted by Gasteiger charge is 2.43. The molecule has 0 aromatic rings. The maximum Gasteiger partial charge on any atom is 0.0685 e. The minimum absolute atomic E-state index is 0.239. The third-order valence-corrected chi connectivity index (χ3v) is 6.29. The van der Waals surface area contributed by atoms with Gasteiger partial charge in [0.05, 0.1) is 5.60 Å². The molecule has 1 saturated heterocycles. The smallest absolute Gasteiger partial charge is 0.0685 e. The lowest BCUT2D eigenvalue weighted by Crippen LogP contribution is -2.46. The number of hydrogen-bond acceptors (Lipinski definition) is 2. The van der Waals surface area contributed by atoms with Crippen LogP contribution in [0.1, 0.15) is 71.1 Å². The van der Waals surface area contributed by atoms with Gasteiger partial charge >= 0.3 is 0 Å². The van der Waals surface area contributed by atoms with Crippen LogP contribution in [0.3, 0.4) is 0 Å². The lowest BCUT2D eigenvalue weighted by molar-refractivity contribution is -0.0986. The second kappa shape index (κ2) is 5.73. The third-order valence-electron chi connectivity index (χ3n) is 6.29. The van der Waals surface area contributed by atoms with Crippen molar-refractivity contribution >= 4 is 0 Å². The highest BCUT2D eigenvalue weighted by molar-refractivity contribution is 4.96. The van der Waals surface area contributed by atoms with E-state index in [1.807, 2.05) is 0 Å². The second-order valence-electron chi connectivity index (χ2n) is 7.42. The molecule has 1 heterocycles. The Morgan fingerprint density at radius 2 is 1.95 bits per heavy atom. The maximum absolute atomic E-state index is 6.67. The molecule has 1 spiro atoms. The first-order chi connectivity index (χ1) is 9.22. The Kier molecular flexibility index (Phi) is 4.19. The molecule has 3 fully saturated rings. The Balaban J connectivity index is 1.59. The van der Waals surface area contributed by atoms with Crippen LogP contribution < -0.4 is 5.73 Å². The SMILES string of the molecule is CCC1CCC(C(N)C2CCOC3(CCCC3)C2)C1. The van der Waals surface area contributed by atoms with E-state index in [9.17, 15) is 0 Å². The van der Waals surface area contributed by atoms with Crippen LogP contribution in [0.2, 0.25) is 0 Å². The Morgan fingerprint density at radius 3 is 2.63 bits per heavy atom. The molecule has 1 aliphatic heterocycles. The van der Waals surface area contributed by atoms with E-state index in [1.54, 1.807) is 0 Å². The zero-order chi connectivity index (χ0) is 13.3. The summed E-state index contributed by atoms with van der Waals surface area (Å²) in [6.07, 6.45) is 13.3. The molecule has 2 aliphatic carbocycles. The molecule has 2 saturated carbocycles. The van der Waals surface area contributed by atoms with Crippen LogP contribution in [0.4, 0.5) is 0 Å². The van der Waals surface area contributed by atoms with Crippen LogP contribution in [-0.2, 0) is 4.74 Å². The van der Waals surface area contributed by atoms with E-state index < -0.39 is 0 Å². The van der Waals surface area contributed by atoms with E-state index in [4.69, 9.17) is 10.5 Å². The quantitative estimate of drug-likeness (QED) is 0.840. The average Bonchev–Trinajstić information content (AvgIpc) is 3.07. The van der Waals surface area contributed by atoms with Gasteiger partial charge < -0.3 is 10.5 Å². The zero-order valence-electron chi connectivity index (χ0n) is 12.6. The summed E-state index contributed by atoms with van der Waals surface area (Å²) < 4.78 is 6.16. The summed E-state index contributed by atoms with van der Waals surface area (Å²) in [6, 6.07) is 0.443. The highest BCUT2D eigenvalue weighted by Crippen LogP contribution is 2.45. The van der Waals surface area contributed by atoms with Crippen molar-refractivity contribution in [3.63, 3.8) is 0 Å². The van der Waals surface area contributed by atoms with Gasteiger partial charge in [0.15, 0.2) is 0 Å². The van der Waals surface area contributed by atoms with Gasteiger partial charge in [0, 0.05) is 12.6 Å². The molecule has 19 heavy (non-hydrogen) atoms. The van der Waals surface area contributed by atoms with Gasteiger partial charge in [-0.15, -0.1) is 0 Å². The normalized spacial score (nSPS) is 39.8. The van der Waals surface area contributed by atoms with Crippen molar-refractivity contribution in [1.82, 2.24) is 0 Å². The molecular weight excluding hydrogens is 234 g/mol. The fourth-order valence-corrected chi connectivity index (χ4v) is 4.98. The molecule has 0 amide bonds. The molecule has 0 aromatic carbocycles. The summed E-state index contributed by atoms with van der Waals surface area (Å²) in [5, 5.41) is 0. The van der Waals surface area contributed by atoms with Gasteiger partial charge in [0.2, 0.25) is 0 Å². The van der Waals surface area contributed by atoms with Gasteiger partial charge in [-0.1, -0.05) is 32.6 Å². The van der Waals surface area contributed by atoms with Crippen LogP contribution in [-0.4, -0.2) is 18.2 Å². The van der Waals surface area contributed by atoms with Crippen molar-refractivity contribution < 1.29 is 4.74 Å². The van der Waals surface area contributed by atoms with Crippen molar-refractivity contribution in [2.24, 2.45) is 23.5 Å². The number of hydrogen-bond donors (Lipinski definition) is 1. The van der Waals surface area contributed by atoms with Gasteiger partial charge in [0.25, 0.3) is 0 Å². The van der Waals surface area contributed by atoms with Crippen LogP contribution in [0.15, 0.2) is 0 Å². The van der Waals surface area contributed by atoms with Crippen molar-refractivity contribution in [3.05, 3.63) is 0 Å². The van der Waals surface area contributed by atoms with E-state index in [0.29, 0.717) is 6.04 Å². The largest absolute Gasteiger partial charge is 0.375 e. The standard InChI is InChI=1S/C17H31NO/c1-2-13-5-6-14(11-13)16(18)15-7-10-19-17(12-15)8-3-4-9-17/h13-16H,2-12,18H2,1H3. The first kappa shape index (κ1) is 13.9. The van der Waals surface area contributed by atoms with E-state index >= 15 is 0 Å². The summed E-state index contributed by atoms with van der Waals surface area (Å²) in [7, 11) is 0. The molecule has 0 bridgehead atoms. The number of rotatable bonds is 3. The highest BCUT2D eigenvalue weighted by atomic mass is 16.5. The number of nitrogens with two attached hydrogens (primary N) is 1. The monoisotopic (exact) mass is 265 g/mol. The van der Waals surface area contributed by atoms with Gasteiger partial charge in [-0.3, -0.25) is 0 Å². The van der Waals surface area contributed by atoms with Gasteiger partial charge in [0.1, 0.15) is 0 Å². The molecular formula is C17H31NO. The summed E-state index contributed by atoms with van der Waals surface area (Å²) in [5.74, 6) is 2.48. The van der Waals surface area contributed by atoms with Crippen molar-refractivity contribution in [1.29, 1.82) is 0 Å². The molecule has 2 heteroatoms. The maximum atomic E-state index is 6.67. The van der Waals surface area contributed by atoms with Gasteiger partial charge in [-0.05, 0) is 56.3 Å². The molecule has 4 atom stereocenters. The summed E-state index contributed by atoms with van der Waals surface area (Å²) in [4.78, 5) is 0. The third kappa shape index (κ3) is 2.85. The van der Waals surface area contributed by atoms with Crippen LogP contribution in [0.5, 0.6) is 0 Å². The van der Waals surface area contributed by atoms with Crippen molar-refractivity contribution in [2.75, 3.05) is 6.61 Å². The van der Waals surface area contributed by atoms with E-state index in [-0.39, 0.29) is 5.60 Å². The zero-order valence-corrected chi connectivity index (χ0v) is 12.6. The van der Waals surface area contributed by atoms with Crippen molar-refractivity contribution in [3.8, 4) is 0 Å². The molecule has 3 aliphatic rings. The lowest BCUT2D eigenvalue weighted by atomic mass is 9.76. The van der Waals surface area contributed by atoms with Crippen LogP contribution in [0, 0.1) is 17.8 Å². The lowest BCUT2D eigenvalue weighted by Gasteiger charge is -2.42. The minimum Gasteiger partial charge on any atom is -0.375 e. The Bertz CT molecular complexity index is 298. The first-order valence-corrected chi connectivity index (χ1v) is 8.62. The fraction of sp³-hybridized carbons (Fsp3) is 1.00. The number of ether oxygens (including phenoxy) is 1. The predicted molar refractivity (Wildman–Crippen MR) is 79.0 cm³/mol. The van der Waals surface area contributed by atoms with Gasteiger partial charge in [-0.25, -0.2) is 0 Å². The summed E-state index contributed by atoms with van der Waals surface area (Å²) in [6.45, 7) is 3.29. The molecule has 110 valence electrons. The molecule has 4 unspecified atom stereocenters. The Hall–Kier alpha value is -0.0800. The molecule has 2 N–H and O–H groups in total. The van der Waals surface area contributed by atoms with Crippen molar-refractivity contribution in [2.45, 2.75) is 82.8 Å². The molecule has 3 rings (SSSR count). The Morgan fingerprint density at radius 1 is 1.16 bits per heavy atom. The second-order valence-corrected chi connectivity index (χ2v) is 7.42. The van der Waals surface area contributed by atoms with Crippen LogP contribution in [0.25, 0.3) is 0 Å². The molecule has 0 aromatic heterocycles. The van der Waals surface area contributed by atoms with Crippen LogP contribution >= 0.6 is 0 Å².